The second kappa shape index (κ2) is 6.41. The minimum atomic E-state index is 0.810. The zero-order chi connectivity index (χ0) is 10.4. The zero-order valence-corrected chi connectivity index (χ0v) is 10.1. The summed E-state index contributed by atoms with van der Waals surface area (Å²) in [5, 5.41) is 3.26. The van der Waals surface area contributed by atoms with Crippen LogP contribution in [0.2, 0.25) is 0 Å². The molecule has 2 nitrogen and oxygen atoms in total. The van der Waals surface area contributed by atoms with Crippen molar-refractivity contribution >= 4 is 0 Å². The zero-order valence-electron chi connectivity index (χ0n) is 10.1. The highest BCUT2D eigenvalue weighted by atomic mass is 15.2. The molecular formula is C12H26N2. The fraction of sp³-hybridized carbons (Fsp3) is 1.00. The summed E-state index contributed by atoms with van der Waals surface area (Å²) in [6.45, 7) is 8.42. The Morgan fingerprint density at radius 1 is 1.36 bits per heavy atom. The van der Waals surface area contributed by atoms with E-state index < -0.39 is 0 Å². The molecule has 1 aliphatic heterocycles. The molecule has 0 bridgehead atoms. The van der Waals surface area contributed by atoms with Crippen LogP contribution in [0.15, 0.2) is 0 Å². The summed E-state index contributed by atoms with van der Waals surface area (Å²) in [7, 11) is 2.05. The third kappa shape index (κ3) is 3.97. The Balaban J connectivity index is 2.33. The minimum absolute atomic E-state index is 0.810. The third-order valence-corrected chi connectivity index (χ3v) is 3.08. The molecule has 1 atom stereocenters. The van der Waals surface area contributed by atoms with Crippen LogP contribution in [0.3, 0.4) is 0 Å². The fourth-order valence-electron chi connectivity index (χ4n) is 2.41. The lowest BCUT2D eigenvalue weighted by atomic mass is 9.98. The summed E-state index contributed by atoms with van der Waals surface area (Å²) in [5.74, 6) is 0.810. The number of nitrogens with one attached hydrogen (secondary N) is 1. The van der Waals surface area contributed by atoms with Crippen LogP contribution in [0, 0.1) is 5.92 Å². The van der Waals surface area contributed by atoms with E-state index in [-0.39, 0.29) is 0 Å². The van der Waals surface area contributed by atoms with Gasteiger partial charge in [0.2, 0.25) is 0 Å². The lowest BCUT2D eigenvalue weighted by Gasteiger charge is -2.36. The van der Waals surface area contributed by atoms with Crippen LogP contribution in [0.25, 0.3) is 0 Å². The lowest BCUT2D eigenvalue weighted by molar-refractivity contribution is 0.125. The summed E-state index contributed by atoms with van der Waals surface area (Å²) >= 11 is 0. The molecule has 0 aromatic carbocycles. The molecule has 1 N–H and O–H groups in total. The molecule has 1 aliphatic rings. The first-order chi connectivity index (χ1) is 6.74. The minimum Gasteiger partial charge on any atom is -0.320 e. The predicted molar refractivity (Wildman–Crippen MR) is 62.6 cm³/mol. The number of nitrogens with zero attached hydrogens (tertiary/aromatic N) is 1. The van der Waals surface area contributed by atoms with Gasteiger partial charge >= 0.3 is 0 Å². The molecular weight excluding hydrogens is 172 g/mol. The Kier molecular flexibility index (Phi) is 5.49. The van der Waals surface area contributed by atoms with E-state index in [2.05, 4.69) is 31.1 Å². The number of hydrogen-bond donors (Lipinski definition) is 1. The van der Waals surface area contributed by atoms with E-state index in [1.807, 2.05) is 0 Å². The summed E-state index contributed by atoms with van der Waals surface area (Å²) < 4.78 is 0. The number of likely N-dealkylation sites (tertiary alicyclic amines) is 1. The molecule has 0 saturated carbocycles. The van der Waals surface area contributed by atoms with E-state index in [1.54, 1.807) is 0 Å². The van der Waals surface area contributed by atoms with Gasteiger partial charge in [-0.25, -0.2) is 0 Å². The van der Waals surface area contributed by atoms with E-state index in [1.165, 1.54) is 45.3 Å². The molecule has 1 heterocycles. The average Bonchev–Trinajstić information content (AvgIpc) is 2.16. The van der Waals surface area contributed by atoms with Crippen LogP contribution in [-0.2, 0) is 0 Å². The second-order valence-corrected chi connectivity index (χ2v) is 4.93. The molecule has 0 aliphatic carbocycles. The highest BCUT2D eigenvalue weighted by Gasteiger charge is 2.21. The van der Waals surface area contributed by atoms with Gasteiger partial charge in [-0.15, -0.1) is 0 Å². The molecule has 1 saturated heterocycles. The molecule has 0 spiro atoms. The number of rotatable bonds is 5. The summed E-state index contributed by atoms with van der Waals surface area (Å²) in [4.78, 5) is 2.70. The Hall–Kier alpha value is -0.0800. The van der Waals surface area contributed by atoms with Gasteiger partial charge < -0.3 is 10.2 Å². The van der Waals surface area contributed by atoms with E-state index >= 15 is 0 Å². The van der Waals surface area contributed by atoms with Crippen molar-refractivity contribution in [2.24, 2.45) is 5.92 Å². The van der Waals surface area contributed by atoms with Crippen molar-refractivity contribution in [2.45, 2.75) is 45.6 Å². The third-order valence-electron chi connectivity index (χ3n) is 3.08. The van der Waals surface area contributed by atoms with Gasteiger partial charge in [0.25, 0.3) is 0 Å². The van der Waals surface area contributed by atoms with Crippen molar-refractivity contribution in [3.05, 3.63) is 0 Å². The lowest BCUT2D eigenvalue weighted by Crippen LogP contribution is -2.42. The first-order valence-corrected chi connectivity index (χ1v) is 6.12. The van der Waals surface area contributed by atoms with Gasteiger partial charge in [0.1, 0.15) is 0 Å². The molecule has 1 rings (SSSR count). The monoisotopic (exact) mass is 198 g/mol. The molecule has 0 radical (unpaired) electrons. The Morgan fingerprint density at radius 2 is 2.14 bits per heavy atom. The van der Waals surface area contributed by atoms with Crippen molar-refractivity contribution < 1.29 is 0 Å². The van der Waals surface area contributed by atoms with E-state index in [4.69, 9.17) is 0 Å². The topological polar surface area (TPSA) is 15.3 Å². The Morgan fingerprint density at radius 3 is 2.79 bits per heavy atom. The van der Waals surface area contributed by atoms with Crippen molar-refractivity contribution in [1.82, 2.24) is 10.2 Å². The van der Waals surface area contributed by atoms with Crippen molar-refractivity contribution in [3.8, 4) is 0 Å². The highest BCUT2D eigenvalue weighted by molar-refractivity contribution is 4.77. The van der Waals surface area contributed by atoms with Gasteiger partial charge in [0, 0.05) is 12.6 Å². The van der Waals surface area contributed by atoms with Crippen molar-refractivity contribution in [3.63, 3.8) is 0 Å². The van der Waals surface area contributed by atoms with Crippen LogP contribution in [0.4, 0.5) is 0 Å². The summed E-state index contributed by atoms with van der Waals surface area (Å²) in [6.07, 6.45) is 5.57. The van der Waals surface area contributed by atoms with E-state index in [0.29, 0.717) is 0 Å². The van der Waals surface area contributed by atoms with Crippen LogP contribution < -0.4 is 5.32 Å². The van der Waals surface area contributed by atoms with Gasteiger partial charge in [-0.3, -0.25) is 0 Å². The fourth-order valence-corrected chi connectivity index (χ4v) is 2.41. The van der Waals surface area contributed by atoms with Gasteiger partial charge in [-0.05, 0) is 45.3 Å². The molecule has 2 heteroatoms. The van der Waals surface area contributed by atoms with Gasteiger partial charge in [-0.1, -0.05) is 20.3 Å². The van der Waals surface area contributed by atoms with Gasteiger partial charge in [0.15, 0.2) is 0 Å². The second-order valence-electron chi connectivity index (χ2n) is 4.93. The molecule has 0 aromatic rings. The Bertz CT molecular complexity index is 145. The largest absolute Gasteiger partial charge is 0.320 e. The highest BCUT2D eigenvalue weighted by Crippen LogP contribution is 2.20. The molecule has 14 heavy (non-hydrogen) atoms. The normalized spacial score (nSPS) is 24.4. The smallest absolute Gasteiger partial charge is 0.0107 e. The number of hydrogen-bond acceptors (Lipinski definition) is 2. The standard InChI is InChI=1S/C12H26N2/c1-11(2)10-14-9-5-4-6-12(14)7-8-13-3/h11-13H,4-10H2,1-3H3. The Labute approximate surface area is 89.1 Å². The first-order valence-electron chi connectivity index (χ1n) is 6.12. The van der Waals surface area contributed by atoms with Gasteiger partial charge in [-0.2, -0.15) is 0 Å². The number of piperidine rings is 1. The molecule has 0 amide bonds. The van der Waals surface area contributed by atoms with Crippen LogP contribution in [0.1, 0.15) is 39.5 Å². The molecule has 84 valence electrons. The van der Waals surface area contributed by atoms with Crippen molar-refractivity contribution in [1.29, 1.82) is 0 Å². The maximum absolute atomic E-state index is 3.26. The maximum Gasteiger partial charge on any atom is 0.0107 e. The average molecular weight is 198 g/mol. The van der Waals surface area contributed by atoms with Crippen LogP contribution in [0.5, 0.6) is 0 Å². The SMILES string of the molecule is CNCCC1CCCCN1CC(C)C. The predicted octanol–water partition coefficient (Wildman–Crippen LogP) is 2.11. The van der Waals surface area contributed by atoms with Crippen molar-refractivity contribution in [2.75, 3.05) is 26.7 Å². The molecule has 1 fully saturated rings. The van der Waals surface area contributed by atoms with E-state index in [0.717, 1.165) is 12.0 Å². The summed E-state index contributed by atoms with van der Waals surface area (Å²) in [5.41, 5.74) is 0. The van der Waals surface area contributed by atoms with Crippen LogP contribution >= 0.6 is 0 Å². The molecule has 0 aromatic heterocycles. The molecule has 1 unspecified atom stereocenters. The van der Waals surface area contributed by atoms with E-state index in [9.17, 15) is 0 Å². The first kappa shape index (κ1) is 12.0. The van der Waals surface area contributed by atoms with Crippen LogP contribution in [-0.4, -0.2) is 37.6 Å². The summed E-state index contributed by atoms with van der Waals surface area (Å²) in [6, 6.07) is 0.846. The maximum atomic E-state index is 3.26. The quantitative estimate of drug-likeness (QED) is 0.728. The van der Waals surface area contributed by atoms with Gasteiger partial charge in [0.05, 0.1) is 0 Å².